The second-order valence-corrected chi connectivity index (χ2v) is 4.13. The predicted octanol–water partition coefficient (Wildman–Crippen LogP) is 3.22. The maximum atomic E-state index is 9.36. The molecule has 0 aromatic heterocycles. The molecule has 2 aromatic carbocycles. The Labute approximate surface area is 99.3 Å². The number of nitrogens with two attached hydrogens (primary N) is 1. The highest BCUT2D eigenvalue weighted by Crippen LogP contribution is 2.22. The molecule has 0 heterocycles. The molecule has 0 aliphatic heterocycles. The number of hydrogen-bond acceptors (Lipinski definition) is 2. The van der Waals surface area contributed by atoms with E-state index < -0.39 is 0 Å². The van der Waals surface area contributed by atoms with Gasteiger partial charge in [-0.3, -0.25) is 0 Å². The third-order valence-corrected chi connectivity index (χ3v) is 2.65. The van der Waals surface area contributed by atoms with Gasteiger partial charge in [-0.1, -0.05) is 23.7 Å². The fourth-order valence-corrected chi connectivity index (χ4v) is 1.81. The topological polar surface area (TPSA) is 46.2 Å². The molecule has 0 saturated heterocycles. The molecule has 0 spiro atoms. The van der Waals surface area contributed by atoms with Gasteiger partial charge in [0.05, 0.1) is 0 Å². The monoisotopic (exact) mass is 233 g/mol. The highest BCUT2D eigenvalue weighted by Gasteiger charge is 2.02. The van der Waals surface area contributed by atoms with Gasteiger partial charge in [0.25, 0.3) is 0 Å². The zero-order valence-corrected chi connectivity index (χ0v) is 9.41. The molecular weight excluding hydrogens is 222 g/mol. The van der Waals surface area contributed by atoms with Crippen molar-refractivity contribution in [2.24, 2.45) is 0 Å². The second kappa shape index (κ2) is 4.45. The van der Waals surface area contributed by atoms with Crippen LogP contribution in [0.25, 0.3) is 0 Å². The zero-order chi connectivity index (χ0) is 11.5. The van der Waals surface area contributed by atoms with Gasteiger partial charge in [0, 0.05) is 10.7 Å². The first-order valence-electron chi connectivity index (χ1n) is 4.97. The number of phenols is 1. The molecule has 0 aliphatic rings. The maximum Gasteiger partial charge on any atom is 0.115 e. The second-order valence-electron chi connectivity index (χ2n) is 3.69. The van der Waals surface area contributed by atoms with Gasteiger partial charge in [-0.2, -0.15) is 0 Å². The summed E-state index contributed by atoms with van der Waals surface area (Å²) in [6, 6.07) is 12.5. The molecule has 82 valence electrons. The van der Waals surface area contributed by atoms with Gasteiger partial charge >= 0.3 is 0 Å². The molecule has 0 saturated carbocycles. The molecule has 3 heteroatoms. The maximum absolute atomic E-state index is 9.36. The average molecular weight is 234 g/mol. The van der Waals surface area contributed by atoms with Crippen molar-refractivity contribution < 1.29 is 5.11 Å². The van der Waals surface area contributed by atoms with Crippen LogP contribution in [-0.2, 0) is 6.42 Å². The van der Waals surface area contributed by atoms with Gasteiger partial charge in [-0.25, -0.2) is 0 Å². The number of hydrogen-bond donors (Lipinski definition) is 2. The number of phenolic OH excluding ortho intramolecular Hbond substituents is 1. The smallest absolute Gasteiger partial charge is 0.115 e. The molecule has 0 aliphatic carbocycles. The summed E-state index contributed by atoms with van der Waals surface area (Å²) in [5, 5.41) is 10.0. The first-order valence-corrected chi connectivity index (χ1v) is 5.35. The van der Waals surface area contributed by atoms with Crippen molar-refractivity contribution >= 4 is 17.3 Å². The van der Waals surface area contributed by atoms with Crippen molar-refractivity contribution in [3.63, 3.8) is 0 Å². The van der Waals surface area contributed by atoms with Crippen LogP contribution in [0.15, 0.2) is 42.5 Å². The molecule has 0 atom stereocenters. The third kappa shape index (κ3) is 2.47. The lowest BCUT2D eigenvalue weighted by Gasteiger charge is -2.06. The minimum absolute atomic E-state index is 0.262. The number of anilines is 1. The quantitative estimate of drug-likeness (QED) is 0.783. The van der Waals surface area contributed by atoms with E-state index in [-0.39, 0.29) is 5.75 Å². The lowest BCUT2D eigenvalue weighted by atomic mass is 10.0. The van der Waals surface area contributed by atoms with Gasteiger partial charge in [0.15, 0.2) is 0 Å². The van der Waals surface area contributed by atoms with Crippen LogP contribution < -0.4 is 5.73 Å². The summed E-state index contributed by atoms with van der Waals surface area (Å²) in [6.45, 7) is 0. The van der Waals surface area contributed by atoms with E-state index in [1.54, 1.807) is 24.3 Å². The fraction of sp³-hybridized carbons (Fsp3) is 0.0769. The van der Waals surface area contributed by atoms with E-state index in [1.165, 1.54) is 0 Å². The van der Waals surface area contributed by atoms with Crippen molar-refractivity contribution in [2.75, 3.05) is 5.73 Å². The first-order chi connectivity index (χ1) is 7.65. The SMILES string of the molecule is Nc1ccc(Cl)cc1Cc1cccc(O)c1. The average Bonchev–Trinajstić information content (AvgIpc) is 2.24. The van der Waals surface area contributed by atoms with E-state index in [9.17, 15) is 5.11 Å². The van der Waals surface area contributed by atoms with Crippen molar-refractivity contribution in [3.8, 4) is 5.75 Å². The highest BCUT2D eigenvalue weighted by atomic mass is 35.5. The summed E-state index contributed by atoms with van der Waals surface area (Å²) < 4.78 is 0. The van der Waals surface area contributed by atoms with Crippen LogP contribution in [0.2, 0.25) is 5.02 Å². The summed E-state index contributed by atoms with van der Waals surface area (Å²) in [5.74, 6) is 0.262. The van der Waals surface area contributed by atoms with Crippen LogP contribution in [0.5, 0.6) is 5.75 Å². The summed E-state index contributed by atoms with van der Waals surface area (Å²) in [6.07, 6.45) is 0.667. The van der Waals surface area contributed by atoms with Gasteiger partial charge < -0.3 is 10.8 Å². The van der Waals surface area contributed by atoms with Crippen molar-refractivity contribution in [1.29, 1.82) is 0 Å². The summed E-state index contributed by atoms with van der Waals surface area (Å²) >= 11 is 5.91. The van der Waals surface area contributed by atoms with Crippen molar-refractivity contribution in [1.82, 2.24) is 0 Å². The molecule has 2 aromatic rings. The number of benzene rings is 2. The van der Waals surface area contributed by atoms with Gasteiger partial charge in [-0.15, -0.1) is 0 Å². The number of rotatable bonds is 2. The van der Waals surface area contributed by atoms with E-state index in [0.29, 0.717) is 17.1 Å². The van der Waals surface area contributed by atoms with Crippen LogP contribution >= 0.6 is 11.6 Å². The Morgan fingerprint density at radius 2 is 1.94 bits per heavy atom. The number of nitrogen functional groups attached to an aromatic ring is 1. The summed E-state index contributed by atoms with van der Waals surface area (Å²) in [7, 11) is 0. The number of halogens is 1. The Hall–Kier alpha value is -1.67. The van der Waals surface area contributed by atoms with Crippen LogP contribution in [0.4, 0.5) is 5.69 Å². The fourth-order valence-electron chi connectivity index (χ4n) is 1.61. The van der Waals surface area contributed by atoms with Crippen LogP contribution in [-0.4, -0.2) is 5.11 Å². The standard InChI is InChI=1S/C13H12ClNO/c14-11-4-5-13(15)10(8-11)6-9-2-1-3-12(16)7-9/h1-5,7-8,16H,6,15H2. The van der Waals surface area contributed by atoms with E-state index in [4.69, 9.17) is 17.3 Å². The Kier molecular flexibility index (Phi) is 3.02. The third-order valence-electron chi connectivity index (χ3n) is 2.41. The minimum atomic E-state index is 0.262. The molecule has 3 N–H and O–H groups in total. The molecule has 2 nitrogen and oxygen atoms in total. The Balaban J connectivity index is 2.30. The van der Waals surface area contributed by atoms with Gasteiger partial charge in [0.1, 0.15) is 5.75 Å². The molecular formula is C13H12ClNO. The molecule has 0 radical (unpaired) electrons. The molecule has 0 bridgehead atoms. The van der Waals surface area contributed by atoms with Crippen molar-refractivity contribution in [3.05, 3.63) is 58.6 Å². The molecule has 2 rings (SSSR count). The predicted molar refractivity (Wildman–Crippen MR) is 66.8 cm³/mol. The first kappa shape index (κ1) is 10.8. The lowest BCUT2D eigenvalue weighted by molar-refractivity contribution is 0.474. The van der Waals surface area contributed by atoms with E-state index in [1.807, 2.05) is 18.2 Å². The molecule has 16 heavy (non-hydrogen) atoms. The van der Waals surface area contributed by atoms with E-state index >= 15 is 0 Å². The zero-order valence-electron chi connectivity index (χ0n) is 8.65. The number of aromatic hydroxyl groups is 1. The van der Waals surface area contributed by atoms with Crippen LogP contribution in [0.3, 0.4) is 0 Å². The highest BCUT2D eigenvalue weighted by molar-refractivity contribution is 6.30. The van der Waals surface area contributed by atoms with Gasteiger partial charge in [0.2, 0.25) is 0 Å². The largest absolute Gasteiger partial charge is 0.508 e. The molecule has 0 amide bonds. The normalized spacial score (nSPS) is 10.3. The Morgan fingerprint density at radius 1 is 1.12 bits per heavy atom. The van der Waals surface area contributed by atoms with Gasteiger partial charge in [-0.05, 0) is 47.9 Å². The van der Waals surface area contributed by atoms with E-state index in [2.05, 4.69) is 0 Å². The Morgan fingerprint density at radius 3 is 2.69 bits per heavy atom. The minimum Gasteiger partial charge on any atom is -0.508 e. The van der Waals surface area contributed by atoms with Crippen LogP contribution in [0, 0.1) is 0 Å². The summed E-state index contributed by atoms with van der Waals surface area (Å²) in [4.78, 5) is 0. The summed E-state index contributed by atoms with van der Waals surface area (Å²) in [5.41, 5.74) is 8.55. The molecule has 0 unspecified atom stereocenters. The van der Waals surface area contributed by atoms with Crippen molar-refractivity contribution in [2.45, 2.75) is 6.42 Å². The van der Waals surface area contributed by atoms with Crippen LogP contribution in [0.1, 0.15) is 11.1 Å². The lowest BCUT2D eigenvalue weighted by Crippen LogP contribution is -1.95. The van der Waals surface area contributed by atoms with E-state index in [0.717, 1.165) is 11.1 Å². The molecule has 0 fully saturated rings. The Bertz CT molecular complexity index is 511.